The highest BCUT2D eigenvalue weighted by Crippen LogP contribution is 2.32. The van der Waals surface area contributed by atoms with Crippen molar-refractivity contribution in [1.82, 2.24) is 10.2 Å². The van der Waals surface area contributed by atoms with E-state index in [0.717, 1.165) is 30.7 Å². The lowest BCUT2D eigenvalue weighted by molar-refractivity contribution is -0.127. The predicted molar refractivity (Wildman–Crippen MR) is 109 cm³/mol. The number of likely N-dealkylation sites (tertiary alicyclic amines) is 1. The van der Waals surface area contributed by atoms with Crippen molar-refractivity contribution in [3.63, 3.8) is 0 Å². The summed E-state index contributed by atoms with van der Waals surface area (Å²) >= 11 is 0. The second-order valence-corrected chi connectivity index (χ2v) is 7.32. The number of rotatable bonds is 8. The van der Waals surface area contributed by atoms with Gasteiger partial charge in [0.25, 0.3) is 0 Å². The van der Waals surface area contributed by atoms with Crippen molar-refractivity contribution in [1.29, 1.82) is 0 Å². The Labute approximate surface area is 166 Å². The minimum atomic E-state index is -0.489. The zero-order chi connectivity index (χ0) is 19.9. The van der Waals surface area contributed by atoms with Crippen LogP contribution in [0.2, 0.25) is 0 Å². The average molecular weight is 380 g/mol. The van der Waals surface area contributed by atoms with Crippen LogP contribution >= 0.6 is 0 Å². The number of amides is 1. The molecule has 2 unspecified atom stereocenters. The van der Waals surface area contributed by atoms with Gasteiger partial charge < -0.3 is 10.1 Å². The maximum absolute atomic E-state index is 12.7. The van der Waals surface area contributed by atoms with Gasteiger partial charge >= 0.3 is 0 Å². The molecule has 0 spiro atoms. The highest BCUT2D eigenvalue weighted by molar-refractivity contribution is 5.88. The van der Waals surface area contributed by atoms with Crippen molar-refractivity contribution in [2.45, 2.75) is 38.3 Å². The topological polar surface area (TPSA) is 58.6 Å². The molecule has 2 aromatic rings. The minimum absolute atomic E-state index is 0.0228. The minimum Gasteiger partial charge on any atom is -0.497 e. The second-order valence-electron chi connectivity index (χ2n) is 7.32. The van der Waals surface area contributed by atoms with Gasteiger partial charge in [-0.3, -0.25) is 14.5 Å². The van der Waals surface area contributed by atoms with E-state index >= 15 is 0 Å². The van der Waals surface area contributed by atoms with E-state index in [4.69, 9.17) is 4.74 Å². The number of hydrogen-bond donors (Lipinski definition) is 1. The Morgan fingerprint density at radius 1 is 1.14 bits per heavy atom. The molecule has 0 aliphatic carbocycles. The molecule has 1 fully saturated rings. The monoisotopic (exact) mass is 380 g/mol. The molecule has 1 amide bonds. The zero-order valence-corrected chi connectivity index (χ0v) is 16.6. The number of nitrogens with one attached hydrogen (secondary N) is 1. The maximum Gasteiger partial charge on any atom is 0.234 e. The Balaban J connectivity index is 1.61. The van der Waals surface area contributed by atoms with Gasteiger partial charge in [-0.2, -0.15) is 0 Å². The molecular formula is C23H28N2O3. The Morgan fingerprint density at radius 3 is 2.50 bits per heavy atom. The van der Waals surface area contributed by atoms with E-state index in [1.807, 2.05) is 42.5 Å². The van der Waals surface area contributed by atoms with Gasteiger partial charge in [0.1, 0.15) is 5.75 Å². The average Bonchev–Trinajstić information content (AvgIpc) is 3.16. The largest absolute Gasteiger partial charge is 0.497 e. The van der Waals surface area contributed by atoms with Crippen LogP contribution in [0, 0.1) is 0 Å². The van der Waals surface area contributed by atoms with Gasteiger partial charge in [0, 0.05) is 6.04 Å². The molecule has 5 heteroatoms. The van der Waals surface area contributed by atoms with Crippen LogP contribution in [0.4, 0.5) is 0 Å². The van der Waals surface area contributed by atoms with Crippen LogP contribution in [0.3, 0.4) is 0 Å². The van der Waals surface area contributed by atoms with E-state index in [9.17, 15) is 9.59 Å². The number of methoxy groups -OCH3 is 1. The molecule has 1 aliphatic heterocycles. The number of hydrogen-bond acceptors (Lipinski definition) is 4. The summed E-state index contributed by atoms with van der Waals surface area (Å²) in [4.78, 5) is 26.9. The summed E-state index contributed by atoms with van der Waals surface area (Å²) in [5.41, 5.74) is 2.23. The third-order valence-electron chi connectivity index (χ3n) is 5.32. The number of Topliss-reactive ketones (excluding diaryl/α,β-unsaturated/α-hetero) is 1. The summed E-state index contributed by atoms with van der Waals surface area (Å²) in [6.45, 7) is 2.71. The first-order valence-electron chi connectivity index (χ1n) is 9.78. The quantitative estimate of drug-likeness (QED) is 0.764. The van der Waals surface area contributed by atoms with Crippen molar-refractivity contribution in [3.8, 4) is 5.75 Å². The number of benzene rings is 2. The highest BCUT2D eigenvalue weighted by atomic mass is 16.5. The van der Waals surface area contributed by atoms with E-state index in [0.29, 0.717) is 13.0 Å². The van der Waals surface area contributed by atoms with Crippen molar-refractivity contribution in [3.05, 3.63) is 65.7 Å². The van der Waals surface area contributed by atoms with Crippen molar-refractivity contribution in [2.75, 3.05) is 20.2 Å². The molecule has 3 rings (SSSR count). The molecule has 1 N–H and O–H groups in total. The summed E-state index contributed by atoms with van der Waals surface area (Å²) in [7, 11) is 1.65. The predicted octanol–water partition coefficient (Wildman–Crippen LogP) is 3.15. The summed E-state index contributed by atoms with van der Waals surface area (Å²) < 4.78 is 5.23. The zero-order valence-electron chi connectivity index (χ0n) is 16.6. The van der Waals surface area contributed by atoms with Crippen molar-refractivity contribution >= 4 is 11.7 Å². The first-order chi connectivity index (χ1) is 13.6. The van der Waals surface area contributed by atoms with Crippen LogP contribution in [0.25, 0.3) is 0 Å². The molecule has 0 aromatic heterocycles. The van der Waals surface area contributed by atoms with E-state index in [-0.39, 0.29) is 17.7 Å². The molecule has 2 aromatic carbocycles. The number of ether oxygens (including phenoxy) is 1. The van der Waals surface area contributed by atoms with Crippen LogP contribution in [-0.4, -0.2) is 42.8 Å². The number of nitrogens with zero attached hydrogens (tertiary/aromatic N) is 1. The highest BCUT2D eigenvalue weighted by Gasteiger charge is 2.28. The van der Waals surface area contributed by atoms with Crippen LogP contribution in [0.1, 0.15) is 36.9 Å². The molecule has 1 aliphatic rings. The molecule has 0 radical (unpaired) electrons. The van der Waals surface area contributed by atoms with E-state index in [1.54, 1.807) is 7.11 Å². The molecule has 148 valence electrons. The smallest absolute Gasteiger partial charge is 0.234 e. The number of carbonyl (C=O) groups excluding carboxylic acids is 2. The van der Waals surface area contributed by atoms with Gasteiger partial charge in [-0.15, -0.1) is 0 Å². The Morgan fingerprint density at radius 2 is 1.86 bits per heavy atom. The molecule has 0 saturated carbocycles. The van der Waals surface area contributed by atoms with Crippen LogP contribution in [0.5, 0.6) is 5.75 Å². The third-order valence-corrected chi connectivity index (χ3v) is 5.32. The SMILES string of the molecule is COc1ccc(C2CCCN2CC(=O)NC(Cc2ccccc2)C(C)=O)cc1. The fourth-order valence-electron chi connectivity index (χ4n) is 3.79. The number of ketones is 1. The standard InChI is InChI=1S/C23H28N2O3/c1-17(26)21(15-18-7-4-3-5-8-18)24-23(27)16-25-14-6-9-22(25)19-10-12-20(28-2)13-11-19/h3-5,7-8,10-13,21-22H,6,9,14-16H2,1-2H3,(H,24,27). The Hall–Kier alpha value is -2.66. The van der Waals surface area contributed by atoms with Gasteiger partial charge in [0.05, 0.1) is 19.7 Å². The Bertz CT molecular complexity index is 789. The lowest BCUT2D eigenvalue weighted by Crippen LogP contribution is -2.45. The first kappa shape index (κ1) is 20.1. The Kier molecular flexibility index (Phi) is 6.82. The van der Waals surface area contributed by atoms with Gasteiger partial charge in [0.2, 0.25) is 5.91 Å². The summed E-state index contributed by atoms with van der Waals surface area (Å²) in [6.07, 6.45) is 2.60. The van der Waals surface area contributed by atoms with Gasteiger partial charge in [0.15, 0.2) is 5.78 Å². The second kappa shape index (κ2) is 9.51. The van der Waals surface area contributed by atoms with Gasteiger partial charge in [-0.05, 0) is 56.0 Å². The van der Waals surface area contributed by atoms with Crippen LogP contribution < -0.4 is 10.1 Å². The molecule has 2 atom stereocenters. The lowest BCUT2D eigenvalue weighted by atomic mass is 10.0. The molecule has 1 saturated heterocycles. The molecule has 5 nitrogen and oxygen atoms in total. The first-order valence-corrected chi connectivity index (χ1v) is 9.78. The summed E-state index contributed by atoms with van der Waals surface area (Å²) in [6, 6.07) is 17.5. The van der Waals surface area contributed by atoms with Crippen molar-refractivity contribution < 1.29 is 14.3 Å². The number of carbonyl (C=O) groups is 2. The maximum atomic E-state index is 12.7. The summed E-state index contributed by atoms with van der Waals surface area (Å²) in [5.74, 6) is 0.707. The molecule has 0 bridgehead atoms. The van der Waals surface area contributed by atoms with Crippen LogP contribution in [-0.2, 0) is 16.0 Å². The van der Waals surface area contributed by atoms with E-state index in [2.05, 4.69) is 22.3 Å². The molecule has 1 heterocycles. The van der Waals surface area contributed by atoms with E-state index < -0.39 is 6.04 Å². The van der Waals surface area contributed by atoms with Crippen molar-refractivity contribution in [2.24, 2.45) is 0 Å². The summed E-state index contributed by atoms with van der Waals surface area (Å²) in [5, 5.41) is 2.93. The lowest BCUT2D eigenvalue weighted by Gasteiger charge is -2.25. The molecular weight excluding hydrogens is 352 g/mol. The fraction of sp³-hybridized carbons (Fsp3) is 0.391. The third kappa shape index (κ3) is 5.20. The van der Waals surface area contributed by atoms with Gasteiger partial charge in [-0.1, -0.05) is 42.5 Å². The van der Waals surface area contributed by atoms with E-state index in [1.165, 1.54) is 12.5 Å². The van der Waals surface area contributed by atoms with Gasteiger partial charge in [-0.25, -0.2) is 0 Å². The molecule has 28 heavy (non-hydrogen) atoms. The fourth-order valence-corrected chi connectivity index (χ4v) is 3.79. The van der Waals surface area contributed by atoms with Crippen LogP contribution in [0.15, 0.2) is 54.6 Å². The normalized spacial score (nSPS) is 17.9.